The van der Waals surface area contributed by atoms with Crippen LogP contribution in [0.4, 0.5) is 0 Å². The van der Waals surface area contributed by atoms with E-state index in [1.54, 1.807) is 24.3 Å². The van der Waals surface area contributed by atoms with Crippen molar-refractivity contribution in [1.82, 2.24) is 15.0 Å². The molecule has 7 nitrogen and oxygen atoms in total. The monoisotopic (exact) mass is 378 g/mol. The van der Waals surface area contributed by atoms with E-state index in [1.807, 2.05) is 26.8 Å². The highest BCUT2D eigenvalue weighted by atomic mass is 16.3. The number of nitriles is 1. The number of H-pyrrole nitrogens is 2. The fraction of sp³-hybridized carbons (Fsp3) is 0.238. The molecule has 0 amide bonds. The molecule has 3 rings (SSSR count). The number of nitrogens with one attached hydrogen (secondary N) is 2. The van der Waals surface area contributed by atoms with Gasteiger partial charge in [0.1, 0.15) is 22.2 Å². The third-order valence-corrected chi connectivity index (χ3v) is 3.87. The van der Waals surface area contributed by atoms with Crippen molar-refractivity contribution in [2.75, 3.05) is 0 Å². The van der Waals surface area contributed by atoms with Crippen molar-refractivity contribution >= 4 is 12.2 Å². The summed E-state index contributed by atoms with van der Waals surface area (Å²) in [6.07, 6.45) is 4.31. The number of benzene rings is 1. The Kier molecular flexibility index (Phi) is 5.84. The Hall–Kier alpha value is -3.66. The second-order valence-corrected chi connectivity index (χ2v) is 7.08. The minimum atomic E-state index is -0.458. The van der Waals surface area contributed by atoms with E-state index in [0.717, 1.165) is 0 Å². The molecule has 2 aromatic heterocycles. The smallest absolute Gasteiger partial charge is 0.272 e. The Bertz CT molecular complexity index is 1260. The molecule has 3 aromatic rings. The summed E-state index contributed by atoms with van der Waals surface area (Å²) in [6, 6.07) is 8.76. The molecule has 2 heterocycles. The second-order valence-electron chi connectivity index (χ2n) is 7.08. The lowest BCUT2D eigenvalue weighted by Crippen LogP contribution is -2.46. The molecule has 144 valence electrons. The maximum Gasteiger partial charge on any atom is 0.272 e. The molecule has 7 heteroatoms. The normalized spacial score (nSPS) is 12.5. The molecular formula is C21H22N4O3. The predicted octanol–water partition coefficient (Wildman–Crippen LogP) is 1.51. The molecule has 1 aromatic carbocycles. The summed E-state index contributed by atoms with van der Waals surface area (Å²) in [5.41, 5.74) is 0.382. The van der Waals surface area contributed by atoms with Crippen LogP contribution in [0, 0.1) is 11.3 Å². The third kappa shape index (κ3) is 4.35. The highest BCUT2D eigenvalue weighted by molar-refractivity contribution is 5.51. The number of nitrogens with zero attached hydrogens (tertiary/aromatic N) is 2. The molecule has 0 radical (unpaired) electrons. The van der Waals surface area contributed by atoms with Gasteiger partial charge >= 0.3 is 0 Å². The molecule has 0 aliphatic rings. The van der Waals surface area contributed by atoms with Gasteiger partial charge in [-0.15, -0.1) is 0 Å². The summed E-state index contributed by atoms with van der Waals surface area (Å²) >= 11 is 0. The lowest BCUT2D eigenvalue weighted by atomic mass is 9.92. The van der Waals surface area contributed by atoms with Crippen LogP contribution in [-0.4, -0.2) is 15.0 Å². The Morgan fingerprint density at radius 3 is 2.36 bits per heavy atom. The summed E-state index contributed by atoms with van der Waals surface area (Å²) in [5.74, 6) is 0.617. The first-order chi connectivity index (χ1) is 12.8. The Morgan fingerprint density at radius 2 is 1.75 bits per heavy atom. The van der Waals surface area contributed by atoms with E-state index in [4.69, 9.17) is 9.68 Å². The molecule has 0 bridgehead atoms. The maximum atomic E-state index is 12.4. The third-order valence-electron chi connectivity index (χ3n) is 3.87. The Morgan fingerprint density at radius 1 is 1.11 bits per heavy atom. The van der Waals surface area contributed by atoms with Crippen molar-refractivity contribution in [2.45, 2.75) is 33.6 Å². The van der Waals surface area contributed by atoms with Gasteiger partial charge in [0.15, 0.2) is 6.39 Å². The molecule has 2 N–H and O–H groups in total. The van der Waals surface area contributed by atoms with Gasteiger partial charge in [-0.05, 0) is 29.8 Å². The van der Waals surface area contributed by atoms with Crippen LogP contribution < -0.4 is 21.8 Å². The number of hydrogen-bond donors (Lipinski definition) is 2. The molecule has 0 aliphatic heterocycles. The van der Waals surface area contributed by atoms with Gasteiger partial charge in [0.25, 0.3) is 11.1 Å². The van der Waals surface area contributed by atoms with Crippen LogP contribution in [0.25, 0.3) is 12.2 Å². The first-order valence-corrected chi connectivity index (χ1v) is 8.28. The molecule has 0 unspecified atom stereocenters. The van der Waals surface area contributed by atoms with Gasteiger partial charge in [0, 0.05) is 5.41 Å². The van der Waals surface area contributed by atoms with E-state index in [-0.39, 0.29) is 23.5 Å². The lowest BCUT2D eigenvalue weighted by molar-refractivity contribution is 0.407. The van der Waals surface area contributed by atoms with Gasteiger partial charge < -0.3 is 14.4 Å². The average molecular weight is 378 g/mol. The van der Waals surface area contributed by atoms with E-state index in [1.165, 1.54) is 18.5 Å². The standard InChI is InChI=1S/C20H18N4O3.CH4/c1-20(2,3)17-14(22-11-27-17)9-16-19(26)23-15(18(25)24-16)8-12-5-4-6-13(7-12)10-21;/h4-9,11H,1-3H3,(H,23,26)(H,24,25);1H4/b15-8-,16-9-;. The van der Waals surface area contributed by atoms with Crippen molar-refractivity contribution in [3.05, 3.63) is 84.6 Å². The van der Waals surface area contributed by atoms with Crippen LogP contribution >= 0.6 is 0 Å². The molecule has 0 spiro atoms. The summed E-state index contributed by atoms with van der Waals surface area (Å²) in [5, 5.41) is 9.14. The Balaban J connectivity index is 0.00000280. The summed E-state index contributed by atoms with van der Waals surface area (Å²) in [4.78, 5) is 34.1. The fourth-order valence-electron chi connectivity index (χ4n) is 2.62. The maximum absolute atomic E-state index is 12.4. The molecule has 28 heavy (non-hydrogen) atoms. The largest absolute Gasteiger partial charge is 0.447 e. The highest BCUT2D eigenvalue weighted by Crippen LogP contribution is 2.25. The molecule has 0 saturated heterocycles. The van der Waals surface area contributed by atoms with Crippen molar-refractivity contribution in [1.29, 1.82) is 5.26 Å². The zero-order valence-electron chi connectivity index (χ0n) is 15.2. The van der Waals surface area contributed by atoms with Gasteiger partial charge in [-0.2, -0.15) is 5.26 Å². The first-order valence-electron chi connectivity index (χ1n) is 8.28. The molecular weight excluding hydrogens is 356 g/mol. The average Bonchev–Trinajstić information content (AvgIpc) is 3.08. The highest BCUT2D eigenvalue weighted by Gasteiger charge is 2.21. The van der Waals surface area contributed by atoms with E-state index < -0.39 is 11.1 Å². The zero-order valence-corrected chi connectivity index (χ0v) is 15.2. The molecule has 0 aliphatic carbocycles. The van der Waals surface area contributed by atoms with Gasteiger partial charge in [0.2, 0.25) is 0 Å². The zero-order chi connectivity index (χ0) is 19.6. The van der Waals surface area contributed by atoms with Crippen LogP contribution in [0.15, 0.2) is 44.7 Å². The van der Waals surface area contributed by atoms with E-state index >= 15 is 0 Å². The van der Waals surface area contributed by atoms with Gasteiger partial charge in [0.05, 0.1) is 11.6 Å². The van der Waals surface area contributed by atoms with Crippen LogP contribution in [0.3, 0.4) is 0 Å². The summed E-state index contributed by atoms with van der Waals surface area (Å²) < 4.78 is 5.42. The topological polar surface area (TPSA) is 116 Å². The van der Waals surface area contributed by atoms with E-state index in [2.05, 4.69) is 15.0 Å². The molecule has 0 atom stereocenters. The number of oxazole rings is 1. The van der Waals surface area contributed by atoms with Crippen LogP contribution in [-0.2, 0) is 5.41 Å². The molecule has 0 saturated carbocycles. The second kappa shape index (κ2) is 7.92. The summed E-state index contributed by atoms with van der Waals surface area (Å²) in [6.45, 7) is 5.89. The number of hydrogen-bond acceptors (Lipinski definition) is 5. The van der Waals surface area contributed by atoms with Gasteiger partial charge in [-0.3, -0.25) is 9.59 Å². The van der Waals surface area contributed by atoms with E-state index in [0.29, 0.717) is 22.6 Å². The first kappa shape index (κ1) is 20.6. The minimum absolute atomic E-state index is 0. The number of aromatic nitrogens is 3. The number of aromatic amines is 2. The van der Waals surface area contributed by atoms with Gasteiger partial charge in [-0.1, -0.05) is 40.3 Å². The molecule has 0 fully saturated rings. The quantitative estimate of drug-likeness (QED) is 0.701. The lowest BCUT2D eigenvalue weighted by Gasteiger charge is -2.14. The van der Waals surface area contributed by atoms with Crippen LogP contribution in [0.2, 0.25) is 0 Å². The predicted molar refractivity (Wildman–Crippen MR) is 107 cm³/mol. The Labute approximate surface area is 161 Å². The van der Waals surface area contributed by atoms with Crippen molar-refractivity contribution in [3.8, 4) is 6.07 Å². The fourth-order valence-corrected chi connectivity index (χ4v) is 2.62. The van der Waals surface area contributed by atoms with Gasteiger partial charge in [-0.25, -0.2) is 4.98 Å². The van der Waals surface area contributed by atoms with Crippen LogP contribution in [0.5, 0.6) is 0 Å². The summed E-state index contributed by atoms with van der Waals surface area (Å²) in [7, 11) is 0. The SMILES string of the molecule is C.CC(C)(C)c1ocnc1/C=c1\[nH]c(=O)/c(=C/c2cccc(C#N)c2)[nH]c1=O. The van der Waals surface area contributed by atoms with Crippen molar-refractivity contribution < 1.29 is 4.42 Å². The van der Waals surface area contributed by atoms with E-state index in [9.17, 15) is 9.59 Å². The van der Waals surface area contributed by atoms with Crippen molar-refractivity contribution in [2.24, 2.45) is 0 Å². The van der Waals surface area contributed by atoms with Crippen LogP contribution in [0.1, 0.15) is 50.8 Å². The minimum Gasteiger partial charge on any atom is -0.447 e. The van der Waals surface area contributed by atoms with Crippen molar-refractivity contribution in [3.63, 3.8) is 0 Å². The number of rotatable bonds is 2.